The van der Waals surface area contributed by atoms with Gasteiger partial charge >= 0.3 is 11.7 Å². The Morgan fingerprint density at radius 2 is 2.03 bits per heavy atom. The second-order valence-corrected chi connectivity index (χ2v) is 6.83. The standard InChI is InChI=1S/C20H15BrN4O5/c21-16-10-14(11-23-24-19-17(25(28)29)2-1-9-22-19)5-8-18(16)30-12-13-3-6-15(7-4-13)20(26)27/h1-11H,12H2,(H,22,24)(H,26,27). The van der Waals surface area contributed by atoms with Crippen LogP contribution in [-0.2, 0) is 6.61 Å². The van der Waals surface area contributed by atoms with Gasteiger partial charge in [-0.25, -0.2) is 9.78 Å². The SMILES string of the molecule is O=C(O)c1ccc(COc2ccc(C=NNc3ncccc3[N+](=O)[O-])cc2Br)cc1. The maximum Gasteiger partial charge on any atom is 0.335 e. The largest absolute Gasteiger partial charge is 0.488 e. The number of nitro groups is 1. The van der Waals surface area contributed by atoms with Gasteiger partial charge < -0.3 is 9.84 Å². The molecule has 3 aromatic rings. The molecule has 0 fully saturated rings. The highest BCUT2D eigenvalue weighted by atomic mass is 79.9. The van der Waals surface area contributed by atoms with Crippen LogP contribution in [0.5, 0.6) is 5.75 Å². The Morgan fingerprint density at radius 3 is 2.70 bits per heavy atom. The topological polar surface area (TPSA) is 127 Å². The van der Waals surface area contributed by atoms with Gasteiger partial charge in [-0.1, -0.05) is 12.1 Å². The number of pyridine rings is 1. The second-order valence-electron chi connectivity index (χ2n) is 5.98. The summed E-state index contributed by atoms with van der Waals surface area (Å²) in [6.45, 7) is 0.275. The van der Waals surface area contributed by atoms with E-state index in [1.807, 2.05) is 0 Å². The predicted octanol–water partition coefficient (Wildman–Crippen LogP) is 4.48. The highest BCUT2D eigenvalue weighted by Gasteiger charge is 2.13. The van der Waals surface area contributed by atoms with E-state index in [1.54, 1.807) is 30.3 Å². The molecule has 30 heavy (non-hydrogen) atoms. The molecule has 3 rings (SSSR count). The van der Waals surface area contributed by atoms with Crippen LogP contribution in [0.3, 0.4) is 0 Å². The third-order valence-electron chi connectivity index (χ3n) is 3.92. The molecule has 152 valence electrons. The summed E-state index contributed by atoms with van der Waals surface area (Å²) in [5, 5.41) is 23.9. The lowest BCUT2D eigenvalue weighted by molar-refractivity contribution is -0.384. The van der Waals surface area contributed by atoms with Gasteiger partial charge in [0, 0.05) is 12.3 Å². The first kappa shape index (κ1) is 20.9. The number of aromatic carboxylic acids is 1. The second kappa shape index (κ2) is 9.61. The van der Waals surface area contributed by atoms with Crippen LogP contribution in [0.4, 0.5) is 11.5 Å². The van der Waals surface area contributed by atoms with Crippen LogP contribution in [0.1, 0.15) is 21.5 Å². The number of carboxylic acid groups (broad SMARTS) is 1. The molecule has 2 aromatic carbocycles. The minimum atomic E-state index is -0.977. The average molecular weight is 471 g/mol. The predicted molar refractivity (Wildman–Crippen MR) is 114 cm³/mol. The summed E-state index contributed by atoms with van der Waals surface area (Å²) in [6.07, 6.45) is 2.93. The van der Waals surface area contributed by atoms with Crippen LogP contribution >= 0.6 is 15.9 Å². The molecule has 2 N–H and O–H groups in total. The van der Waals surface area contributed by atoms with Gasteiger partial charge in [-0.3, -0.25) is 15.5 Å². The fourth-order valence-electron chi connectivity index (χ4n) is 2.42. The van der Waals surface area contributed by atoms with Crippen LogP contribution in [-0.4, -0.2) is 27.2 Å². The van der Waals surface area contributed by atoms with Gasteiger partial charge in [-0.05, 0) is 63.5 Å². The number of hydrazone groups is 1. The average Bonchev–Trinajstić information content (AvgIpc) is 2.73. The van der Waals surface area contributed by atoms with E-state index in [0.29, 0.717) is 10.2 Å². The number of hydrogen-bond acceptors (Lipinski definition) is 7. The van der Waals surface area contributed by atoms with Crippen LogP contribution < -0.4 is 10.2 Å². The Morgan fingerprint density at radius 1 is 1.27 bits per heavy atom. The van der Waals surface area contributed by atoms with Crippen molar-refractivity contribution in [2.24, 2.45) is 5.10 Å². The highest BCUT2D eigenvalue weighted by molar-refractivity contribution is 9.10. The summed E-state index contributed by atoms with van der Waals surface area (Å²) in [5.74, 6) is -0.330. The number of hydrogen-bond donors (Lipinski definition) is 2. The number of halogens is 1. The number of nitrogens with zero attached hydrogens (tertiary/aromatic N) is 3. The molecule has 9 nitrogen and oxygen atoms in total. The fourth-order valence-corrected chi connectivity index (χ4v) is 2.93. The number of anilines is 1. The van der Waals surface area contributed by atoms with E-state index in [2.05, 4.69) is 31.4 Å². The van der Waals surface area contributed by atoms with Crippen molar-refractivity contribution in [2.45, 2.75) is 6.61 Å². The number of nitrogens with one attached hydrogen (secondary N) is 1. The molecule has 1 heterocycles. The molecule has 10 heteroatoms. The molecule has 0 atom stereocenters. The summed E-state index contributed by atoms with van der Waals surface area (Å²) in [6, 6.07) is 14.5. The number of carbonyl (C=O) groups is 1. The summed E-state index contributed by atoms with van der Waals surface area (Å²) in [7, 11) is 0. The fraction of sp³-hybridized carbons (Fsp3) is 0.0500. The molecule has 0 saturated heterocycles. The van der Waals surface area contributed by atoms with Crippen LogP contribution in [0, 0.1) is 10.1 Å². The van der Waals surface area contributed by atoms with Crippen LogP contribution in [0.2, 0.25) is 0 Å². The number of carboxylic acids is 1. The summed E-state index contributed by atoms with van der Waals surface area (Å²) < 4.78 is 6.45. The number of ether oxygens (including phenoxy) is 1. The van der Waals surface area contributed by atoms with E-state index >= 15 is 0 Å². The van der Waals surface area contributed by atoms with E-state index in [1.165, 1.54) is 36.7 Å². The van der Waals surface area contributed by atoms with Crippen LogP contribution in [0.25, 0.3) is 0 Å². The van der Waals surface area contributed by atoms with Gasteiger partial charge in [-0.2, -0.15) is 5.10 Å². The molecule has 0 radical (unpaired) electrons. The van der Waals surface area contributed by atoms with Gasteiger partial charge in [0.1, 0.15) is 12.4 Å². The van der Waals surface area contributed by atoms with Crippen molar-refractivity contribution in [2.75, 3.05) is 5.43 Å². The number of rotatable bonds is 8. The summed E-state index contributed by atoms with van der Waals surface area (Å²) in [5.41, 5.74) is 4.17. The van der Waals surface area contributed by atoms with Gasteiger partial charge in [0.25, 0.3) is 0 Å². The van der Waals surface area contributed by atoms with Crippen molar-refractivity contribution in [1.29, 1.82) is 0 Å². The van der Waals surface area contributed by atoms with Crippen molar-refractivity contribution in [3.05, 3.63) is 92.1 Å². The third kappa shape index (κ3) is 5.39. The molecule has 0 aliphatic rings. The van der Waals surface area contributed by atoms with Gasteiger partial charge in [0.05, 0.1) is 21.2 Å². The highest BCUT2D eigenvalue weighted by Crippen LogP contribution is 2.26. The molecule has 0 bridgehead atoms. The Labute approximate surface area is 179 Å². The smallest absolute Gasteiger partial charge is 0.335 e. The van der Waals surface area contributed by atoms with E-state index in [0.717, 1.165) is 11.1 Å². The lowest BCUT2D eigenvalue weighted by atomic mass is 10.1. The molecule has 0 saturated carbocycles. The first-order valence-corrected chi connectivity index (χ1v) is 9.36. The van der Waals surface area contributed by atoms with Gasteiger partial charge in [0.2, 0.25) is 5.82 Å². The lowest BCUT2D eigenvalue weighted by Crippen LogP contribution is -2.00. The van der Waals surface area contributed by atoms with Crippen LogP contribution in [0.15, 0.2) is 70.4 Å². The zero-order valence-electron chi connectivity index (χ0n) is 15.4. The summed E-state index contributed by atoms with van der Waals surface area (Å²) >= 11 is 3.43. The molecule has 0 aliphatic carbocycles. The molecule has 1 aromatic heterocycles. The monoisotopic (exact) mass is 470 g/mol. The maximum absolute atomic E-state index is 11.0. The first-order valence-electron chi connectivity index (χ1n) is 8.57. The van der Waals surface area contributed by atoms with E-state index in [4.69, 9.17) is 9.84 Å². The van der Waals surface area contributed by atoms with E-state index in [-0.39, 0.29) is 23.7 Å². The Kier molecular flexibility index (Phi) is 6.71. The molecular weight excluding hydrogens is 456 g/mol. The zero-order valence-corrected chi connectivity index (χ0v) is 16.9. The summed E-state index contributed by atoms with van der Waals surface area (Å²) in [4.78, 5) is 25.2. The minimum absolute atomic E-state index is 0.0479. The first-order chi connectivity index (χ1) is 14.4. The van der Waals surface area contributed by atoms with Crippen molar-refractivity contribution < 1.29 is 19.6 Å². The molecule has 0 aliphatic heterocycles. The Bertz CT molecular complexity index is 1100. The normalized spacial score (nSPS) is 10.7. The van der Waals surface area contributed by atoms with Gasteiger partial charge in [0.15, 0.2) is 0 Å². The van der Waals surface area contributed by atoms with Crippen molar-refractivity contribution in [3.8, 4) is 5.75 Å². The van der Waals surface area contributed by atoms with Crippen molar-refractivity contribution in [3.63, 3.8) is 0 Å². The van der Waals surface area contributed by atoms with Crippen molar-refractivity contribution in [1.82, 2.24) is 4.98 Å². The zero-order chi connectivity index (χ0) is 21.5. The van der Waals surface area contributed by atoms with Gasteiger partial charge in [-0.15, -0.1) is 0 Å². The number of benzene rings is 2. The molecule has 0 spiro atoms. The van der Waals surface area contributed by atoms with E-state index in [9.17, 15) is 14.9 Å². The molecule has 0 unspecified atom stereocenters. The minimum Gasteiger partial charge on any atom is -0.488 e. The maximum atomic E-state index is 11.0. The van der Waals surface area contributed by atoms with Crippen molar-refractivity contribution >= 4 is 39.6 Å². The Hall–Kier alpha value is -3.79. The molecule has 0 amide bonds. The third-order valence-corrected chi connectivity index (χ3v) is 4.54. The number of aromatic nitrogens is 1. The quantitative estimate of drug-likeness (QED) is 0.282. The molecular formula is C20H15BrN4O5. The van der Waals surface area contributed by atoms with E-state index < -0.39 is 10.9 Å². The Balaban J connectivity index is 1.61. The lowest BCUT2D eigenvalue weighted by Gasteiger charge is -2.09.